The molecule has 0 saturated heterocycles. The van der Waals surface area contributed by atoms with Gasteiger partial charge in [-0.05, 0) is 6.42 Å². The third-order valence-corrected chi connectivity index (χ3v) is 1.77. The van der Waals surface area contributed by atoms with E-state index in [1.807, 2.05) is 6.92 Å². The molecule has 0 saturated carbocycles. The third-order valence-electron chi connectivity index (χ3n) is 1.77. The molecule has 0 radical (unpaired) electrons. The number of aliphatic hydroxyl groups excluding tert-OH is 1. The summed E-state index contributed by atoms with van der Waals surface area (Å²) in [6, 6.07) is 0. The molecule has 0 aliphatic rings. The van der Waals surface area contributed by atoms with E-state index in [2.05, 4.69) is 18.8 Å². The summed E-state index contributed by atoms with van der Waals surface area (Å²) in [6.07, 6.45) is 0.858. The van der Waals surface area contributed by atoms with Crippen molar-refractivity contribution in [2.45, 2.75) is 39.7 Å². The molecular weight excluding hydrogens is 154 g/mol. The molecule has 12 heavy (non-hydrogen) atoms. The molecule has 3 heteroatoms. The van der Waals surface area contributed by atoms with Gasteiger partial charge in [-0.2, -0.15) is 0 Å². The Morgan fingerprint density at radius 3 is 2.50 bits per heavy atom. The SMILES string of the molecule is CCc1nc(CO)oc1C(C)C. The molecule has 1 heterocycles. The van der Waals surface area contributed by atoms with E-state index in [1.54, 1.807) is 0 Å². The Balaban J connectivity index is 3.00. The van der Waals surface area contributed by atoms with Gasteiger partial charge in [-0.15, -0.1) is 0 Å². The van der Waals surface area contributed by atoms with Crippen LogP contribution < -0.4 is 0 Å². The van der Waals surface area contributed by atoms with Crippen molar-refractivity contribution in [3.05, 3.63) is 17.3 Å². The normalized spacial score (nSPS) is 11.1. The van der Waals surface area contributed by atoms with E-state index in [1.165, 1.54) is 0 Å². The largest absolute Gasteiger partial charge is 0.443 e. The Bertz CT molecular complexity index is 253. The van der Waals surface area contributed by atoms with Crippen molar-refractivity contribution < 1.29 is 9.52 Å². The van der Waals surface area contributed by atoms with E-state index >= 15 is 0 Å². The van der Waals surface area contributed by atoms with Gasteiger partial charge in [0.05, 0.1) is 5.69 Å². The Labute approximate surface area is 72.4 Å². The van der Waals surface area contributed by atoms with Gasteiger partial charge in [0, 0.05) is 5.92 Å². The van der Waals surface area contributed by atoms with Crippen molar-refractivity contribution in [2.24, 2.45) is 0 Å². The average molecular weight is 169 g/mol. The maximum Gasteiger partial charge on any atom is 0.220 e. The topological polar surface area (TPSA) is 46.3 Å². The van der Waals surface area contributed by atoms with Crippen LogP contribution in [-0.4, -0.2) is 10.1 Å². The van der Waals surface area contributed by atoms with Gasteiger partial charge in [-0.25, -0.2) is 4.98 Å². The van der Waals surface area contributed by atoms with Crippen molar-refractivity contribution in [1.82, 2.24) is 4.98 Å². The minimum absolute atomic E-state index is 0.111. The summed E-state index contributed by atoms with van der Waals surface area (Å²) in [5.41, 5.74) is 0.967. The number of rotatable bonds is 3. The Morgan fingerprint density at radius 1 is 1.50 bits per heavy atom. The lowest BCUT2D eigenvalue weighted by molar-refractivity contribution is 0.235. The van der Waals surface area contributed by atoms with Crippen LogP contribution in [0.2, 0.25) is 0 Å². The molecule has 1 aromatic heterocycles. The molecule has 0 unspecified atom stereocenters. The summed E-state index contributed by atoms with van der Waals surface area (Å²) < 4.78 is 5.36. The molecule has 0 fully saturated rings. The predicted octanol–water partition coefficient (Wildman–Crippen LogP) is 1.85. The van der Waals surface area contributed by atoms with Crippen LogP contribution >= 0.6 is 0 Å². The standard InChI is InChI=1S/C9H15NO2/c1-4-7-9(6(2)3)12-8(5-11)10-7/h6,11H,4-5H2,1-3H3. The van der Waals surface area contributed by atoms with Crippen LogP contribution in [0.4, 0.5) is 0 Å². The quantitative estimate of drug-likeness (QED) is 0.751. The first-order chi connectivity index (χ1) is 5.69. The van der Waals surface area contributed by atoms with Crippen LogP contribution in [0.25, 0.3) is 0 Å². The van der Waals surface area contributed by atoms with Crippen LogP contribution in [0.15, 0.2) is 4.42 Å². The fourth-order valence-corrected chi connectivity index (χ4v) is 1.19. The molecule has 1 rings (SSSR count). The van der Waals surface area contributed by atoms with E-state index in [9.17, 15) is 0 Å². The highest BCUT2D eigenvalue weighted by molar-refractivity contribution is 5.13. The molecule has 0 atom stereocenters. The summed E-state index contributed by atoms with van der Waals surface area (Å²) in [5.74, 6) is 1.67. The van der Waals surface area contributed by atoms with Crippen molar-refractivity contribution in [3.8, 4) is 0 Å². The van der Waals surface area contributed by atoms with Crippen LogP contribution in [0.5, 0.6) is 0 Å². The second-order valence-electron chi connectivity index (χ2n) is 3.08. The molecule has 0 aliphatic carbocycles. The highest BCUT2D eigenvalue weighted by Crippen LogP contribution is 2.20. The Kier molecular flexibility index (Phi) is 2.87. The maximum atomic E-state index is 8.80. The van der Waals surface area contributed by atoms with Gasteiger partial charge in [-0.3, -0.25) is 0 Å². The number of oxazole rings is 1. The predicted molar refractivity (Wildman–Crippen MR) is 45.9 cm³/mol. The van der Waals surface area contributed by atoms with Crippen molar-refractivity contribution >= 4 is 0 Å². The van der Waals surface area contributed by atoms with Crippen molar-refractivity contribution in [1.29, 1.82) is 0 Å². The van der Waals surface area contributed by atoms with Crippen LogP contribution in [-0.2, 0) is 13.0 Å². The zero-order valence-corrected chi connectivity index (χ0v) is 7.79. The second-order valence-corrected chi connectivity index (χ2v) is 3.08. The van der Waals surface area contributed by atoms with E-state index in [0.29, 0.717) is 11.8 Å². The third kappa shape index (κ3) is 1.67. The molecule has 1 aromatic rings. The number of nitrogens with zero attached hydrogens (tertiary/aromatic N) is 1. The lowest BCUT2D eigenvalue weighted by Crippen LogP contribution is -1.90. The Hall–Kier alpha value is -0.830. The van der Waals surface area contributed by atoms with Gasteiger partial charge in [-0.1, -0.05) is 20.8 Å². The highest BCUT2D eigenvalue weighted by atomic mass is 16.4. The number of aromatic nitrogens is 1. The average Bonchev–Trinajstić information content (AvgIpc) is 2.47. The molecule has 3 nitrogen and oxygen atoms in total. The minimum atomic E-state index is -0.111. The zero-order valence-electron chi connectivity index (χ0n) is 7.79. The smallest absolute Gasteiger partial charge is 0.220 e. The van der Waals surface area contributed by atoms with Crippen LogP contribution in [0, 0.1) is 0 Å². The van der Waals surface area contributed by atoms with Gasteiger partial charge >= 0.3 is 0 Å². The lowest BCUT2D eigenvalue weighted by Gasteiger charge is -2.00. The summed E-state index contributed by atoms with van der Waals surface area (Å²) in [6.45, 7) is 6.03. The van der Waals surface area contributed by atoms with E-state index < -0.39 is 0 Å². The minimum Gasteiger partial charge on any atom is -0.443 e. The van der Waals surface area contributed by atoms with Gasteiger partial charge in [0.2, 0.25) is 5.89 Å². The van der Waals surface area contributed by atoms with Gasteiger partial charge in [0.1, 0.15) is 12.4 Å². The number of aryl methyl sites for hydroxylation is 1. The molecule has 68 valence electrons. The molecule has 0 bridgehead atoms. The van der Waals surface area contributed by atoms with E-state index in [4.69, 9.17) is 9.52 Å². The lowest BCUT2D eigenvalue weighted by atomic mass is 10.1. The first-order valence-electron chi connectivity index (χ1n) is 4.28. The molecule has 1 N–H and O–H groups in total. The molecule has 0 aliphatic heterocycles. The summed E-state index contributed by atoms with van der Waals surface area (Å²) >= 11 is 0. The summed E-state index contributed by atoms with van der Waals surface area (Å²) in [7, 11) is 0. The van der Waals surface area contributed by atoms with Crippen molar-refractivity contribution in [2.75, 3.05) is 0 Å². The first-order valence-corrected chi connectivity index (χ1v) is 4.28. The fraction of sp³-hybridized carbons (Fsp3) is 0.667. The molecule has 0 amide bonds. The number of hydrogen-bond acceptors (Lipinski definition) is 3. The molecule has 0 aromatic carbocycles. The maximum absolute atomic E-state index is 8.80. The number of aliphatic hydroxyl groups is 1. The number of hydrogen-bond donors (Lipinski definition) is 1. The summed E-state index contributed by atoms with van der Waals surface area (Å²) in [4.78, 5) is 4.15. The molecule has 0 spiro atoms. The van der Waals surface area contributed by atoms with Crippen molar-refractivity contribution in [3.63, 3.8) is 0 Å². The monoisotopic (exact) mass is 169 g/mol. The zero-order chi connectivity index (χ0) is 9.14. The second kappa shape index (κ2) is 3.72. The van der Waals surface area contributed by atoms with Gasteiger partial charge < -0.3 is 9.52 Å². The fourth-order valence-electron chi connectivity index (χ4n) is 1.19. The van der Waals surface area contributed by atoms with E-state index in [0.717, 1.165) is 17.9 Å². The van der Waals surface area contributed by atoms with E-state index in [-0.39, 0.29) is 6.61 Å². The highest BCUT2D eigenvalue weighted by Gasteiger charge is 2.13. The Morgan fingerprint density at radius 2 is 2.17 bits per heavy atom. The molecular formula is C9H15NO2. The van der Waals surface area contributed by atoms with Crippen LogP contribution in [0.3, 0.4) is 0 Å². The van der Waals surface area contributed by atoms with Gasteiger partial charge in [0.25, 0.3) is 0 Å². The first kappa shape index (κ1) is 9.26. The van der Waals surface area contributed by atoms with Crippen LogP contribution in [0.1, 0.15) is 44.0 Å². The van der Waals surface area contributed by atoms with Gasteiger partial charge in [0.15, 0.2) is 0 Å². The summed E-state index contributed by atoms with van der Waals surface area (Å²) in [5, 5.41) is 8.80.